The first-order valence-electron chi connectivity index (χ1n) is 6.31. The summed E-state index contributed by atoms with van der Waals surface area (Å²) in [6.45, 7) is 6.00. The van der Waals surface area contributed by atoms with Crippen LogP contribution in [0.15, 0.2) is 0 Å². The molecule has 0 aromatic rings. The van der Waals surface area contributed by atoms with Crippen molar-refractivity contribution in [2.24, 2.45) is 23.5 Å². The number of hydrogen-bond acceptors (Lipinski definition) is 3. The molecule has 4 N–H and O–H groups in total. The van der Waals surface area contributed by atoms with Gasteiger partial charge in [0.05, 0.1) is 5.92 Å². The molecule has 1 aliphatic heterocycles. The van der Waals surface area contributed by atoms with Gasteiger partial charge in [-0.2, -0.15) is 0 Å². The summed E-state index contributed by atoms with van der Waals surface area (Å²) >= 11 is 0. The van der Waals surface area contributed by atoms with Crippen LogP contribution in [0.2, 0.25) is 0 Å². The van der Waals surface area contributed by atoms with E-state index in [0.29, 0.717) is 13.1 Å². The molecule has 0 bridgehead atoms. The minimum atomic E-state index is -0.859. The van der Waals surface area contributed by atoms with Crippen LogP contribution >= 0.6 is 0 Å². The van der Waals surface area contributed by atoms with Crippen molar-refractivity contribution in [1.82, 2.24) is 10.2 Å². The fourth-order valence-corrected chi connectivity index (χ4v) is 1.99. The van der Waals surface area contributed by atoms with Crippen molar-refractivity contribution in [1.29, 1.82) is 0 Å². The van der Waals surface area contributed by atoms with Gasteiger partial charge >= 0.3 is 12.0 Å². The van der Waals surface area contributed by atoms with E-state index < -0.39 is 23.8 Å². The van der Waals surface area contributed by atoms with E-state index in [2.05, 4.69) is 5.32 Å². The number of aliphatic carboxylic acids is 1. The standard InChI is InChI=1S/C12H21N3O4/c1-6(2)9(10(13)16)14-12(19)15-4-8(5-15)7(3)11(17)18/h6-9H,4-5H2,1-3H3,(H2,13,16)(H,14,19)(H,17,18). The summed E-state index contributed by atoms with van der Waals surface area (Å²) in [5.41, 5.74) is 5.21. The summed E-state index contributed by atoms with van der Waals surface area (Å²) < 4.78 is 0. The lowest BCUT2D eigenvalue weighted by atomic mass is 9.87. The SMILES string of the molecule is CC(C)C(NC(=O)N1CC(C(C)C(=O)O)C1)C(N)=O. The third kappa shape index (κ3) is 3.59. The molecule has 1 rings (SSSR count). The summed E-state index contributed by atoms with van der Waals surface area (Å²) in [4.78, 5) is 35.3. The maximum atomic E-state index is 11.8. The molecule has 1 saturated heterocycles. The van der Waals surface area contributed by atoms with Crippen LogP contribution in [0.3, 0.4) is 0 Å². The predicted molar refractivity (Wildman–Crippen MR) is 68.2 cm³/mol. The molecule has 0 saturated carbocycles. The largest absolute Gasteiger partial charge is 0.481 e. The fourth-order valence-electron chi connectivity index (χ4n) is 1.99. The molecule has 0 aromatic carbocycles. The third-order valence-corrected chi connectivity index (χ3v) is 3.55. The number of amides is 3. The number of carbonyl (C=O) groups is 3. The molecule has 2 unspecified atom stereocenters. The van der Waals surface area contributed by atoms with E-state index in [0.717, 1.165) is 0 Å². The second-order valence-electron chi connectivity index (χ2n) is 5.37. The molecule has 1 fully saturated rings. The Balaban J connectivity index is 2.46. The lowest BCUT2D eigenvalue weighted by molar-refractivity contribution is -0.144. The summed E-state index contributed by atoms with van der Waals surface area (Å²) in [5, 5.41) is 11.4. The molecule has 108 valence electrons. The maximum Gasteiger partial charge on any atom is 0.318 e. The van der Waals surface area contributed by atoms with E-state index in [1.807, 2.05) is 0 Å². The molecule has 7 heteroatoms. The highest BCUT2D eigenvalue weighted by Crippen LogP contribution is 2.24. The number of likely N-dealkylation sites (tertiary alicyclic amines) is 1. The lowest BCUT2D eigenvalue weighted by Gasteiger charge is -2.41. The molecule has 0 radical (unpaired) electrons. The van der Waals surface area contributed by atoms with Gasteiger partial charge in [0.2, 0.25) is 5.91 Å². The zero-order valence-corrected chi connectivity index (χ0v) is 11.4. The fraction of sp³-hybridized carbons (Fsp3) is 0.750. The van der Waals surface area contributed by atoms with Gasteiger partial charge in [-0.15, -0.1) is 0 Å². The quantitative estimate of drug-likeness (QED) is 0.645. The molecule has 2 atom stereocenters. The molecule has 0 aliphatic carbocycles. The van der Waals surface area contributed by atoms with Crippen molar-refractivity contribution in [2.75, 3.05) is 13.1 Å². The average Bonchev–Trinajstić information content (AvgIpc) is 2.22. The van der Waals surface area contributed by atoms with Crippen molar-refractivity contribution < 1.29 is 19.5 Å². The zero-order chi connectivity index (χ0) is 14.7. The first kappa shape index (κ1) is 15.3. The summed E-state index contributed by atoms with van der Waals surface area (Å²) in [7, 11) is 0. The number of carbonyl (C=O) groups excluding carboxylic acids is 2. The van der Waals surface area contributed by atoms with Crippen LogP contribution in [0.1, 0.15) is 20.8 Å². The Morgan fingerprint density at radius 1 is 1.26 bits per heavy atom. The Morgan fingerprint density at radius 2 is 1.79 bits per heavy atom. The van der Waals surface area contributed by atoms with E-state index in [-0.39, 0.29) is 17.9 Å². The van der Waals surface area contributed by atoms with E-state index in [1.54, 1.807) is 20.8 Å². The monoisotopic (exact) mass is 271 g/mol. The zero-order valence-electron chi connectivity index (χ0n) is 11.4. The number of nitrogens with two attached hydrogens (primary N) is 1. The normalized spacial score (nSPS) is 18.6. The number of rotatable bonds is 5. The number of primary amides is 1. The van der Waals surface area contributed by atoms with Crippen molar-refractivity contribution in [3.63, 3.8) is 0 Å². The van der Waals surface area contributed by atoms with Gasteiger partial charge in [0, 0.05) is 19.0 Å². The van der Waals surface area contributed by atoms with Gasteiger partial charge in [-0.3, -0.25) is 9.59 Å². The maximum absolute atomic E-state index is 11.8. The first-order valence-corrected chi connectivity index (χ1v) is 6.31. The first-order chi connectivity index (χ1) is 8.73. The number of urea groups is 1. The predicted octanol–water partition coefficient (Wildman–Crippen LogP) is -0.142. The van der Waals surface area contributed by atoms with Crippen molar-refractivity contribution >= 4 is 17.9 Å². The van der Waals surface area contributed by atoms with Gasteiger partial charge in [-0.1, -0.05) is 20.8 Å². The topological polar surface area (TPSA) is 113 Å². The van der Waals surface area contributed by atoms with Gasteiger partial charge in [0.1, 0.15) is 6.04 Å². The van der Waals surface area contributed by atoms with E-state index in [1.165, 1.54) is 4.90 Å². The van der Waals surface area contributed by atoms with E-state index in [9.17, 15) is 14.4 Å². The Bertz CT molecular complexity index is 377. The molecule has 1 aliphatic rings. The average molecular weight is 271 g/mol. The highest BCUT2D eigenvalue weighted by atomic mass is 16.4. The molecule has 7 nitrogen and oxygen atoms in total. The van der Waals surface area contributed by atoms with Gasteiger partial charge in [-0.05, 0) is 5.92 Å². The van der Waals surface area contributed by atoms with Crippen molar-refractivity contribution in [3.05, 3.63) is 0 Å². The second kappa shape index (κ2) is 5.90. The van der Waals surface area contributed by atoms with E-state index >= 15 is 0 Å². The van der Waals surface area contributed by atoms with Gasteiger partial charge < -0.3 is 21.1 Å². The highest BCUT2D eigenvalue weighted by Gasteiger charge is 2.38. The molecule has 19 heavy (non-hydrogen) atoms. The number of nitrogens with zero attached hydrogens (tertiary/aromatic N) is 1. The van der Waals surface area contributed by atoms with Crippen LogP contribution in [-0.4, -0.2) is 47.0 Å². The van der Waals surface area contributed by atoms with Crippen molar-refractivity contribution in [2.45, 2.75) is 26.8 Å². The van der Waals surface area contributed by atoms with Crippen LogP contribution in [0, 0.1) is 17.8 Å². The Morgan fingerprint density at radius 3 is 2.16 bits per heavy atom. The van der Waals surface area contributed by atoms with E-state index in [4.69, 9.17) is 10.8 Å². The Kier molecular flexibility index (Phi) is 4.74. The third-order valence-electron chi connectivity index (χ3n) is 3.55. The summed E-state index contributed by atoms with van der Waals surface area (Å²) in [5.74, 6) is -2.02. The van der Waals surface area contributed by atoms with Crippen molar-refractivity contribution in [3.8, 4) is 0 Å². The molecular formula is C12H21N3O4. The highest BCUT2D eigenvalue weighted by molar-refractivity contribution is 5.86. The molecular weight excluding hydrogens is 250 g/mol. The smallest absolute Gasteiger partial charge is 0.318 e. The van der Waals surface area contributed by atoms with Crippen LogP contribution in [-0.2, 0) is 9.59 Å². The van der Waals surface area contributed by atoms with Crippen LogP contribution in [0.25, 0.3) is 0 Å². The summed E-state index contributed by atoms with van der Waals surface area (Å²) in [6.07, 6.45) is 0. The summed E-state index contributed by atoms with van der Waals surface area (Å²) in [6, 6.07) is -1.07. The lowest BCUT2D eigenvalue weighted by Crippen LogP contribution is -2.60. The number of carboxylic acids is 1. The Hall–Kier alpha value is -1.79. The van der Waals surface area contributed by atoms with Gasteiger partial charge in [-0.25, -0.2) is 4.79 Å². The molecule has 0 spiro atoms. The minimum absolute atomic E-state index is 0.0330. The molecule has 1 heterocycles. The molecule has 0 aromatic heterocycles. The second-order valence-corrected chi connectivity index (χ2v) is 5.37. The minimum Gasteiger partial charge on any atom is -0.481 e. The number of nitrogens with one attached hydrogen (secondary N) is 1. The Labute approximate surface area is 112 Å². The van der Waals surface area contributed by atoms with Gasteiger partial charge in [0.15, 0.2) is 0 Å². The van der Waals surface area contributed by atoms with Gasteiger partial charge in [0.25, 0.3) is 0 Å². The van der Waals surface area contributed by atoms with Crippen LogP contribution < -0.4 is 11.1 Å². The number of hydrogen-bond donors (Lipinski definition) is 3. The molecule has 3 amide bonds. The van der Waals surface area contributed by atoms with Crippen LogP contribution in [0.4, 0.5) is 4.79 Å². The number of carboxylic acid groups (broad SMARTS) is 1. The van der Waals surface area contributed by atoms with Crippen LogP contribution in [0.5, 0.6) is 0 Å².